The van der Waals surface area contributed by atoms with Gasteiger partial charge in [-0.05, 0) is 38.8 Å². The summed E-state index contributed by atoms with van der Waals surface area (Å²) in [5.41, 5.74) is 6.44. The predicted octanol–water partition coefficient (Wildman–Crippen LogP) is 1.33. The highest BCUT2D eigenvalue weighted by atomic mass is 16.5. The summed E-state index contributed by atoms with van der Waals surface area (Å²) >= 11 is 0. The molecule has 5 heteroatoms. The van der Waals surface area contributed by atoms with Crippen LogP contribution >= 0.6 is 0 Å². The SMILES string of the molecule is CC(C)OCCCCNC(=O)c1ccc(C#CCN)cn1. The van der Waals surface area contributed by atoms with E-state index >= 15 is 0 Å². The second kappa shape index (κ2) is 9.92. The van der Waals surface area contributed by atoms with E-state index in [1.165, 1.54) is 0 Å². The van der Waals surface area contributed by atoms with Crippen molar-refractivity contribution in [2.75, 3.05) is 19.7 Å². The van der Waals surface area contributed by atoms with E-state index in [1.54, 1.807) is 18.3 Å². The molecule has 0 saturated heterocycles. The number of unbranched alkanes of at least 4 members (excludes halogenated alkanes) is 1. The van der Waals surface area contributed by atoms with Gasteiger partial charge in [-0.15, -0.1) is 0 Å². The molecule has 1 rings (SSSR count). The van der Waals surface area contributed by atoms with Crippen LogP contribution in [0.4, 0.5) is 0 Å². The molecule has 21 heavy (non-hydrogen) atoms. The number of carbonyl (C=O) groups is 1. The number of hydrogen-bond acceptors (Lipinski definition) is 4. The minimum Gasteiger partial charge on any atom is -0.379 e. The van der Waals surface area contributed by atoms with Crippen LogP contribution in [0.25, 0.3) is 0 Å². The number of hydrogen-bond donors (Lipinski definition) is 2. The smallest absolute Gasteiger partial charge is 0.269 e. The summed E-state index contributed by atoms with van der Waals surface area (Å²) in [5, 5.41) is 2.84. The number of ether oxygens (including phenoxy) is 1. The monoisotopic (exact) mass is 289 g/mol. The zero-order valence-electron chi connectivity index (χ0n) is 12.7. The van der Waals surface area contributed by atoms with Gasteiger partial charge in [0.1, 0.15) is 5.69 Å². The van der Waals surface area contributed by atoms with Crippen molar-refractivity contribution in [1.82, 2.24) is 10.3 Å². The number of amides is 1. The number of aromatic nitrogens is 1. The Labute approximate surface area is 126 Å². The van der Waals surface area contributed by atoms with E-state index in [4.69, 9.17) is 10.5 Å². The summed E-state index contributed by atoms with van der Waals surface area (Å²) in [7, 11) is 0. The zero-order chi connectivity index (χ0) is 15.5. The van der Waals surface area contributed by atoms with Gasteiger partial charge in [-0.2, -0.15) is 0 Å². The van der Waals surface area contributed by atoms with Gasteiger partial charge in [0, 0.05) is 24.9 Å². The van der Waals surface area contributed by atoms with E-state index < -0.39 is 0 Å². The predicted molar refractivity (Wildman–Crippen MR) is 82.8 cm³/mol. The molecule has 1 amide bonds. The van der Waals surface area contributed by atoms with Crippen molar-refractivity contribution >= 4 is 5.91 Å². The second-order valence-corrected chi connectivity index (χ2v) is 4.82. The topological polar surface area (TPSA) is 77.2 Å². The van der Waals surface area contributed by atoms with Crippen molar-refractivity contribution in [3.8, 4) is 11.8 Å². The first-order chi connectivity index (χ1) is 10.1. The summed E-state index contributed by atoms with van der Waals surface area (Å²) in [5.74, 6) is 5.43. The molecule has 0 aliphatic heterocycles. The van der Waals surface area contributed by atoms with Crippen LogP contribution in [0.15, 0.2) is 18.3 Å². The lowest BCUT2D eigenvalue weighted by atomic mass is 10.2. The van der Waals surface area contributed by atoms with Crippen LogP contribution in [-0.2, 0) is 4.74 Å². The highest BCUT2D eigenvalue weighted by Gasteiger charge is 2.05. The van der Waals surface area contributed by atoms with Crippen LogP contribution in [0.1, 0.15) is 42.7 Å². The maximum absolute atomic E-state index is 11.9. The summed E-state index contributed by atoms with van der Waals surface area (Å²) in [6, 6.07) is 3.43. The molecular formula is C16H23N3O2. The maximum Gasteiger partial charge on any atom is 0.269 e. The lowest BCUT2D eigenvalue weighted by molar-refractivity contribution is 0.0754. The van der Waals surface area contributed by atoms with Crippen LogP contribution in [0, 0.1) is 11.8 Å². The number of carbonyl (C=O) groups excluding carboxylic acids is 1. The van der Waals surface area contributed by atoms with Crippen LogP contribution in [-0.4, -0.2) is 36.7 Å². The molecule has 114 valence electrons. The average molecular weight is 289 g/mol. The van der Waals surface area contributed by atoms with E-state index in [2.05, 4.69) is 22.1 Å². The Balaban J connectivity index is 2.29. The van der Waals surface area contributed by atoms with E-state index in [0.29, 0.717) is 18.8 Å². The van der Waals surface area contributed by atoms with E-state index in [0.717, 1.165) is 25.0 Å². The molecule has 0 aliphatic rings. The molecule has 5 nitrogen and oxygen atoms in total. The van der Waals surface area contributed by atoms with Gasteiger partial charge in [0.15, 0.2) is 0 Å². The van der Waals surface area contributed by atoms with E-state index in [1.807, 2.05) is 13.8 Å². The molecule has 0 bridgehead atoms. The quantitative estimate of drug-likeness (QED) is 0.586. The Morgan fingerprint density at radius 1 is 1.43 bits per heavy atom. The maximum atomic E-state index is 11.9. The first-order valence-electron chi connectivity index (χ1n) is 7.18. The molecule has 1 aromatic rings. The lowest BCUT2D eigenvalue weighted by Crippen LogP contribution is -2.25. The molecule has 0 saturated carbocycles. The van der Waals surface area contributed by atoms with Crippen LogP contribution < -0.4 is 11.1 Å². The van der Waals surface area contributed by atoms with Gasteiger partial charge in [-0.25, -0.2) is 4.98 Å². The average Bonchev–Trinajstić information content (AvgIpc) is 2.48. The fraction of sp³-hybridized carbons (Fsp3) is 0.500. The van der Waals surface area contributed by atoms with Gasteiger partial charge in [0.25, 0.3) is 5.91 Å². The molecule has 0 aromatic carbocycles. The number of nitrogens with zero attached hydrogens (tertiary/aromatic N) is 1. The third-order valence-electron chi connectivity index (χ3n) is 2.64. The van der Waals surface area contributed by atoms with Gasteiger partial charge in [-0.3, -0.25) is 4.79 Å². The molecule has 0 atom stereocenters. The third-order valence-corrected chi connectivity index (χ3v) is 2.64. The molecular weight excluding hydrogens is 266 g/mol. The molecule has 0 aliphatic carbocycles. The number of rotatable bonds is 7. The lowest BCUT2D eigenvalue weighted by Gasteiger charge is -2.07. The zero-order valence-corrected chi connectivity index (χ0v) is 12.7. The Hall–Kier alpha value is -1.90. The number of pyridine rings is 1. The number of nitrogens with one attached hydrogen (secondary N) is 1. The van der Waals surface area contributed by atoms with Gasteiger partial charge < -0.3 is 15.8 Å². The van der Waals surface area contributed by atoms with E-state index in [9.17, 15) is 4.79 Å². The van der Waals surface area contributed by atoms with Gasteiger partial charge in [0.2, 0.25) is 0 Å². The Bertz CT molecular complexity index is 486. The highest BCUT2D eigenvalue weighted by Crippen LogP contribution is 1.99. The van der Waals surface area contributed by atoms with Gasteiger partial charge >= 0.3 is 0 Å². The van der Waals surface area contributed by atoms with Gasteiger partial charge in [-0.1, -0.05) is 11.8 Å². The van der Waals surface area contributed by atoms with Crippen molar-refractivity contribution in [2.24, 2.45) is 5.73 Å². The van der Waals surface area contributed by atoms with E-state index in [-0.39, 0.29) is 12.0 Å². The Morgan fingerprint density at radius 3 is 2.86 bits per heavy atom. The Morgan fingerprint density at radius 2 is 2.24 bits per heavy atom. The molecule has 3 N–H and O–H groups in total. The van der Waals surface area contributed by atoms with Crippen molar-refractivity contribution < 1.29 is 9.53 Å². The highest BCUT2D eigenvalue weighted by molar-refractivity contribution is 5.92. The van der Waals surface area contributed by atoms with Crippen molar-refractivity contribution in [2.45, 2.75) is 32.8 Å². The second-order valence-electron chi connectivity index (χ2n) is 4.82. The molecule has 0 unspecified atom stereocenters. The fourth-order valence-electron chi connectivity index (χ4n) is 1.59. The fourth-order valence-corrected chi connectivity index (χ4v) is 1.59. The van der Waals surface area contributed by atoms with Crippen LogP contribution in [0.2, 0.25) is 0 Å². The van der Waals surface area contributed by atoms with Crippen molar-refractivity contribution in [3.63, 3.8) is 0 Å². The summed E-state index contributed by atoms with van der Waals surface area (Å²) < 4.78 is 5.43. The largest absolute Gasteiger partial charge is 0.379 e. The summed E-state index contributed by atoms with van der Waals surface area (Å²) in [6.07, 6.45) is 3.65. The molecule has 1 aromatic heterocycles. The molecule has 0 fully saturated rings. The van der Waals surface area contributed by atoms with Gasteiger partial charge in [0.05, 0.1) is 12.6 Å². The summed E-state index contributed by atoms with van der Waals surface area (Å²) in [6.45, 7) is 5.67. The first-order valence-corrected chi connectivity index (χ1v) is 7.18. The normalized spacial score (nSPS) is 10.1. The minimum absolute atomic E-state index is 0.168. The molecule has 1 heterocycles. The molecule has 0 radical (unpaired) electrons. The number of nitrogens with two attached hydrogens (primary N) is 1. The minimum atomic E-state index is -0.168. The standard InChI is InChI=1S/C16H23N3O2/c1-13(2)21-11-4-3-10-18-16(20)15-8-7-14(12-19-15)6-5-9-17/h7-8,12-13H,3-4,9-11,17H2,1-2H3,(H,18,20). The molecule has 0 spiro atoms. The first kappa shape index (κ1) is 17.2. The Kier molecular flexibility index (Phi) is 8.10. The van der Waals surface area contributed by atoms with Crippen LogP contribution in [0.3, 0.4) is 0 Å². The van der Waals surface area contributed by atoms with Crippen LogP contribution in [0.5, 0.6) is 0 Å². The third kappa shape index (κ3) is 7.45. The van der Waals surface area contributed by atoms with Crippen molar-refractivity contribution in [3.05, 3.63) is 29.6 Å². The van der Waals surface area contributed by atoms with Crippen molar-refractivity contribution in [1.29, 1.82) is 0 Å². The summed E-state index contributed by atoms with van der Waals surface area (Å²) in [4.78, 5) is 15.9.